The molecule has 0 radical (unpaired) electrons. The van der Waals surface area contributed by atoms with Crippen LogP contribution in [-0.2, 0) is 5.41 Å². The zero-order valence-corrected chi connectivity index (χ0v) is 30.2. The van der Waals surface area contributed by atoms with E-state index in [-0.39, 0.29) is 5.41 Å². The number of benzene rings is 6. The second kappa shape index (κ2) is 12.3. The Morgan fingerprint density at radius 3 is 2.06 bits per heavy atom. The van der Waals surface area contributed by atoms with Crippen LogP contribution < -0.4 is 4.90 Å². The smallest absolute Gasteiger partial charge is 0.0471 e. The highest BCUT2D eigenvalue weighted by Crippen LogP contribution is 2.55. The highest BCUT2D eigenvalue weighted by atomic mass is 15.1. The van der Waals surface area contributed by atoms with Crippen molar-refractivity contribution in [3.05, 3.63) is 150 Å². The first-order chi connectivity index (χ1) is 25.0. The van der Waals surface area contributed by atoms with Crippen LogP contribution in [0.25, 0.3) is 33.0 Å². The van der Waals surface area contributed by atoms with E-state index < -0.39 is 0 Å². The van der Waals surface area contributed by atoms with E-state index in [0.717, 1.165) is 17.8 Å². The van der Waals surface area contributed by atoms with E-state index in [1.807, 2.05) is 0 Å². The number of rotatable bonds is 6. The first-order valence-corrected chi connectivity index (χ1v) is 19.8. The van der Waals surface area contributed by atoms with Crippen LogP contribution in [-0.4, -0.2) is 0 Å². The number of hydrogen-bond acceptors (Lipinski definition) is 1. The molecule has 51 heavy (non-hydrogen) atoms. The zero-order chi connectivity index (χ0) is 34.1. The molecule has 3 atom stereocenters. The number of anilines is 3. The van der Waals surface area contributed by atoms with Gasteiger partial charge in [-0.2, -0.15) is 0 Å². The number of nitrogens with zero attached hydrogens (tertiary/aromatic N) is 1. The van der Waals surface area contributed by atoms with E-state index >= 15 is 0 Å². The maximum absolute atomic E-state index is 2.54. The first kappa shape index (κ1) is 31.1. The van der Waals surface area contributed by atoms with Crippen LogP contribution in [0.15, 0.2) is 127 Å². The molecule has 254 valence electrons. The van der Waals surface area contributed by atoms with Gasteiger partial charge in [0, 0.05) is 22.5 Å². The van der Waals surface area contributed by atoms with Gasteiger partial charge in [0.25, 0.3) is 0 Å². The SMILES string of the molecule is CC1(C)c2ccccc2-c2c(-c3ccccc3)cc(N(c3ccc(C4CC5CCC4C5)cc3)c3ccc4ccc(C5CCCCC5)cc4c3)cc21. The molecule has 0 heterocycles. The molecular weight excluding hydrogens is 615 g/mol. The molecule has 3 fully saturated rings. The maximum atomic E-state index is 2.54. The molecule has 10 rings (SSSR count). The van der Waals surface area contributed by atoms with E-state index in [1.54, 1.807) is 0 Å². The minimum Gasteiger partial charge on any atom is -0.310 e. The highest BCUT2D eigenvalue weighted by Gasteiger charge is 2.40. The predicted molar refractivity (Wildman–Crippen MR) is 216 cm³/mol. The van der Waals surface area contributed by atoms with Gasteiger partial charge in [0.15, 0.2) is 0 Å². The second-order valence-corrected chi connectivity index (χ2v) is 16.8. The quantitative estimate of drug-likeness (QED) is 0.171. The summed E-state index contributed by atoms with van der Waals surface area (Å²) in [5.41, 5.74) is 14.8. The molecule has 0 amide bonds. The molecule has 0 spiro atoms. The summed E-state index contributed by atoms with van der Waals surface area (Å²) in [4.78, 5) is 2.54. The third-order valence-electron chi connectivity index (χ3n) is 13.5. The molecule has 3 unspecified atom stereocenters. The molecule has 4 aliphatic carbocycles. The van der Waals surface area contributed by atoms with Gasteiger partial charge in [-0.25, -0.2) is 0 Å². The summed E-state index contributed by atoms with van der Waals surface area (Å²) in [7, 11) is 0. The van der Waals surface area contributed by atoms with Gasteiger partial charge in [-0.05, 0) is 147 Å². The molecule has 0 saturated heterocycles. The van der Waals surface area contributed by atoms with E-state index in [2.05, 4.69) is 146 Å². The lowest BCUT2D eigenvalue weighted by atomic mass is 9.81. The van der Waals surface area contributed by atoms with Gasteiger partial charge in [-0.15, -0.1) is 0 Å². The van der Waals surface area contributed by atoms with Gasteiger partial charge in [0.05, 0.1) is 0 Å². The first-order valence-electron chi connectivity index (χ1n) is 19.8. The van der Waals surface area contributed by atoms with Crippen molar-refractivity contribution < 1.29 is 0 Å². The summed E-state index contributed by atoms with van der Waals surface area (Å²) in [6.07, 6.45) is 12.4. The summed E-state index contributed by atoms with van der Waals surface area (Å²) in [6, 6.07) is 49.3. The van der Waals surface area contributed by atoms with Gasteiger partial charge in [0.2, 0.25) is 0 Å². The summed E-state index contributed by atoms with van der Waals surface area (Å²) in [5.74, 6) is 3.25. The van der Waals surface area contributed by atoms with Gasteiger partial charge >= 0.3 is 0 Å². The van der Waals surface area contributed by atoms with Crippen molar-refractivity contribution in [1.82, 2.24) is 0 Å². The fraction of sp³-hybridized carbons (Fsp3) is 0.320. The third kappa shape index (κ3) is 5.26. The Bertz CT molecular complexity index is 2240. The van der Waals surface area contributed by atoms with Crippen LogP contribution in [0.1, 0.15) is 106 Å². The fourth-order valence-electron chi connectivity index (χ4n) is 10.8. The van der Waals surface area contributed by atoms with E-state index in [4.69, 9.17) is 0 Å². The van der Waals surface area contributed by atoms with Gasteiger partial charge < -0.3 is 4.90 Å². The average Bonchev–Trinajstić information content (AvgIpc) is 3.88. The summed E-state index contributed by atoms with van der Waals surface area (Å²) < 4.78 is 0. The Kier molecular flexibility index (Phi) is 7.49. The zero-order valence-electron chi connectivity index (χ0n) is 30.2. The maximum Gasteiger partial charge on any atom is 0.0471 e. The minimum atomic E-state index is -0.110. The van der Waals surface area contributed by atoms with Gasteiger partial charge in [-0.1, -0.05) is 131 Å². The van der Waals surface area contributed by atoms with Crippen molar-refractivity contribution in [2.24, 2.45) is 11.8 Å². The Balaban J connectivity index is 1.15. The fourth-order valence-corrected chi connectivity index (χ4v) is 10.8. The minimum absolute atomic E-state index is 0.110. The van der Waals surface area contributed by atoms with Crippen LogP contribution in [0.3, 0.4) is 0 Å². The standard InChI is InChI=1S/C50H49N/c1-50(2)47-16-10-9-15-44(47)49-46(36-13-7-4-8-14-36)31-43(32-48(49)50)51(41-24-22-37(23-25-41)45-28-33-17-18-39(45)27-33)42-26-21-35-19-20-38(29-40(35)30-42)34-11-5-3-6-12-34/h4,7-10,13-16,19-26,29-34,39,45H,3,5-6,11-12,17-18,27-28H2,1-2H3. The lowest BCUT2D eigenvalue weighted by molar-refractivity contribution is 0.420. The topological polar surface area (TPSA) is 3.24 Å². The van der Waals surface area contributed by atoms with E-state index in [0.29, 0.717) is 5.92 Å². The number of hydrogen-bond donors (Lipinski definition) is 0. The molecule has 1 heteroatoms. The molecule has 1 nitrogen and oxygen atoms in total. The molecule has 4 aliphatic rings. The van der Waals surface area contributed by atoms with Crippen LogP contribution in [0, 0.1) is 11.8 Å². The van der Waals surface area contributed by atoms with Crippen LogP contribution in [0.4, 0.5) is 17.1 Å². The Morgan fingerprint density at radius 1 is 0.529 bits per heavy atom. The predicted octanol–water partition coefficient (Wildman–Crippen LogP) is 14.2. The van der Waals surface area contributed by atoms with Gasteiger partial charge in [-0.3, -0.25) is 0 Å². The molecule has 0 N–H and O–H groups in total. The van der Waals surface area contributed by atoms with Crippen LogP contribution in [0.2, 0.25) is 0 Å². The Hall–Kier alpha value is -4.62. The second-order valence-electron chi connectivity index (χ2n) is 16.8. The van der Waals surface area contributed by atoms with E-state index in [9.17, 15) is 0 Å². The lowest BCUT2D eigenvalue weighted by Crippen LogP contribution is -2.17. The molecule has 3 saturated carbocycles. The van der Waals surface area contributed by atoms with Crippen molar-refractivity contribution in [3.8, 4) is 22.3 Å². The molecule has 2 bridgehead atoms. The largest absolute Gasteiger partial charge is 0.310 e. The Morgan fingerprint density at radius 2 is 1.27 bits per heavy atom. The highest BCUT2D eigenvalue weighted by molar-refractivity contribution is 5.97. The molecular formula is C50H49N. The molecule has 0 aliphatic heterocycles. The van der Waals surface area contributed by atoms with Crippen molar-refractivity contribution >= 4 is 27.8 Å². The van der Waals surface area contributed by atoms with E-state index in [1.165, 1.54) is 130 Å². The van der Waals surface area contributed by atoms with Crippen LogP contribution >= 0.6 is 0 Å². The van der Waals surface area contributed by atoms with Gasteiger partial charge in [0.1, 0.15) is 0 Å². The number of fused-ring (bicyclic) bond motifs is 6. The average molecular weight is 664 g/mol. The van der Waals surface area contributed by atoms with Crippen molar-refractivity contribution in [1.29, 1.82) is 0 Å². The molecule has 0 aromatic heterocycles. The summed E-state index contributed by atoms with van der Waals surface area (Å²) in [6.45, 7) is 4.82. The van der Waals surface area contributed by atoms with Crippen molar-refractivity contribution in [2.45, 2.75) is 88.9 Å². The van der Waals surface area contributed by atoms with Crippen molar-refractivity contribution in [3.63, 3.8) is 0 Å². The lowest BCUT2D eigenvalue weighted by Gasteiger charge is -2.30. The monoisotopic (exact) mass is 663 g/mol. The van der Waals surface area contributed by atoms with Crippen molar-refractivity contribution in [2.75, 3.05) is 4.90 Å². The molecule has 6 aromatic rings. The Labute approximate surface area is 304 Å². The normalized spacial score (nSPS) is 21.9. The van der Waals surface area contributed by atoms with Crippen LogP contribution in [0.5, 0.6) is 0 Å². The summed E-state index contributed by atoms with van der Waals surface area (Å²) >= 11 is 0. The molecule has 6 aromatic carbocycles. The summed E-state index contributed by atoms with van der Waals surface area (Å²) in [5, 5.41) is 2.66. The third-order valence-corrected chi connectivity index (χ3v) is 13.5.